The van der Waals surface area contributed by atoms with E-state index in [4.69, 9.17) is 0 Å². The van der Waals surface area contributed by atoms with Gasteiger partial charge in [0.25, 0.3) is 0 Å². The summed E-state index contributed by atoms with van der Waals surface area (Å²) in [6, 6.07) is 9.21. The molecular formula is C18H29N. The van der Waals surface area contributed by atoms with Crippen LogP contribution in [0.4, 0.5) is 0 Å². The molecule has 0 amide bonds. The van der Waals surface area contributed by atoms with E-state index in [2.05, 4.69) is 63.8 Å². The van der Waals surface area contributed by atoms with Crippen molar-refractivity contribution < 1.29 is 0 Å². The standard InChI is InChI=1S/C18H29N/c1-17(2,3)16-9-7-15(8-10-16)13-19-12-6-11-18(4,5)14-19/h7-10H,6,11-14H2,1-5H3. The van der Waals surface area contributed by atoms with Crippen LogP contribution in [-0.2, 0) is 12.0 Å². The topological polar surface area (TPSA) is 3.24 Å². The van der Waals surface area contributed by atoms with Gasteiger partial charge in [0, 0.05) is 13.1 Å². The molecule has 1 fully saturated rings. The molecule has 0 unspecified atom stereocenters. The van der Waals surface area contributed by atoms with E-state index in [1.54, 1.807) is 0 Å². The molecule has 0 aromatic heterocycles. The summed E-state index contributed by atoms with van der Waals surface area (Å²) in [5.41, 5.74) is 3.62. The normalized spacial score (nSPS) is 20.5. The number of nitrogens with zero attached hydrogens (tertiary/aromatic N) is 1. The molecule has 1 aromatic carbocycles. The molecule has 1 heteroatoms. The maximum absolute atomic E-state index is 2.61. The van der Waals surface area contributed by atoms with Crippen LogP contribution in [0.5, 0.6) is 0 Å². The fourth-order valence-corrected chi connectivity index (χ4v) is 3.05. The number of hydrogen-bond donors (Lipinski definition) is 0. The minimum atomic E-state index is 0.256. The van der Waals surface area contributed by atoms with Crippen LogP contribution in [0, 0.1) is 5.41 Å². The van der Waals surface area contributed by atoms with E-state index in [1.807, 2.05) is 0 Å². The molecule has 0 saturated carbocycles. The Kier molecular flexibility index (Phi) is 4.06. The van der Waals surface area contributed by atoms with Gasteiger partial charge in [-0.25, -0.2) is 0 Å². The lowest BCUT2D eigenvalue weighted by Crippen LogP contribution is -2.39. The molecule has 1 aromatic rings. The fourth-order valence-electron chi connectivity index (χ4n) is 3.05. The maximum Gasteiger partial charge on any atom is 0.0233 e. The zero-order chi connectivity index (χ0) is 14.1. The number of rotatable bonds is 2. The Bertz CT molecular complexity index is 408. The Morgan fingerprint density at radius 3 is 2.26 bits per heavy atom. The Balaban J connectivity index is 2.00. The molecule has 1 aliphatic rings. The average molecular weight is 259 g/mol. The second-order valence-corrected chi connectivity index (χ2v) is 7.93. The molecule has 1 nitrogen and oxygen atoms in total. The summed E-state index contributed by atoms with van der Waals surface area (Å²) in [6.45, 7) is 15.2. The zero-order valence-corrected chi connectivity index (χ0v) is 13.3. The van der Waals surface area contributed by atoms with Crippen molar-refractivity contribution in [1.82, 2.24) is 4.90 Å². The predicted molar refractivity (Wildman–Crippen MR) is 83.4 cm³/mol. The second kappa shape index (κ2) is 5.28. The zero-order valence-electron chi connectivity index (χ0n) is 13.3. The molecule has 2 rings (SSSR count). The van der Waals surface area contributed by atoms with Gasteiger partial charge in [0.05, 0.1) is 0 Å². The van der Waals surface area contributed by atoms with Gasteiger partial charge in [0.1, 0.15) is 0 Å². The number of likely N-dealkylation sites (tertiary alicyclic amines) is 1. The first-order valence-electron chi connectivity index (χ1n) is 7.58. The first kappa shape index (κ1) is 14.6. The van der Waals surface area contributed by atoms with Gasteiger partial charge in [0.15, 0.2) is 0 Å². The van der Waals surface area contributed by atoms with Crippen molar-refractivity contribution in [2.75, 3.05) is 13.1 Å². The van der Waals surface area contributed by atoms with E-state index < -0.39 is 0 Å². The monoisotopic (exact) mass is 259 g/mol. The van der Waals surface area contributed by atoms with E-state index in [-0.39, 0.29) is 5.41 Å². The summed E-state index contributed by atoms with van der Waals surface area (Å²) in [7, 11) is 0. The highest BCUT2D eigenvalue weighted by Crippen LogP contribution is 2.29. The van der Waals surface area contributed by atoms with Crippen molar-refractivity contribution in [3.63, 3.8) is 0 Å². The van der Waals surface area contributed by atoms with Gasteiger partial charge in [-0.2, -0.15) is 0 Å². The smallest absolute Gasteiger partial charge is 0.0233 e. The van der Waals surface area contributed by atoms with Gasteiger partial charge in [-0.05, 0) is 41.3 Å². The van der Waals surface area contributed by atoms with Crippen LogP contribution in [-0.4, -0.2) is 18.0 Å². The second-order valence-electron chi connectivity index (χ2n) is 7.93. The van der Waals surface area contributed by atoms with Crippen LogP contribution >= 0.6 is 0 Å². The van der Waals surface area contributed by atoms with Gasteiger partial charge in [-0.1, -0.05) is 58.9 Å². The number of piperidine rings is 1. The van der Waals surface area contributed by atoms with Gasteiger partial charge in [0.2, 0.25) is 0 Å². The Morgan fingerprint density at radius 2 is 1.74 bits per heavy atom. The van der Waals surface area contributed by atoms with E-state index in [1.165, 1.54) is 37.1 Å². The first-order valence-corrected chi connectivity index (χ1v) is 7.58. The third kappa shape index (κ3) is 4.07. The molecule has 1 saturated heterocycles. The molecule has 0 N–H and O–H groups in total. The van der Waals surface area contributed by atoms with Crippen LogP contribution in [0.2, 0.25) is 0 Å². The van der Waals surface area contributed by atoms with Gasteiger partial charge >= 0.3 is 0 Å². The summed E-state index contributed by atoms with van der Waals surface area (Å²) in [4.78, 5) is 2.61. The SMILES string of the molecule is CC1(C)CCCN(Cc2ccc(C(C)(C)C)cc2)C1. The fraction of sp³-hybridized carbons (Fsp3) is 0.667. The van der Waals surface area contributed by atoms with Crippen molar-refractivity contribution in [3.8, 4) is 0 Å². The number of benzene rings is 1. The molecule has 106 valence electrons. The van der Waals surface area contributed by atoms with Crippen molar-refractivity contribution in [1.29, 1.82) is 0 Å². The van der Waals surface area contributed by atoms with E-state index in [9.17, 15) is 0 Å². The summed E-state index contributed by atoms with van der Waals surface area (Å²) in [5.74, 6) is 0. The lowest BCUT2D eigenvalue weighted by molar-refractivity contribution is 0.111. The Morgan fingerprint density at radius 1 is 1.11 bits per heavy atom. The molecule has 0 spiro atoms. The Labute approximate surface area is 119 Å². The summed E-state index contributed by atoms with van der Waals surface area (Å²) >= 11 is 0. The third-order valence-corrected chi connectivity index (χ3v) is 4.21. The van der Waals surface area contributed by atoms with Crippen molar-refractivity contribution in [2.45, 2.75) is 59.4 Å². The van der Waals surface area contributed by atoms with Gasteiger partial charge in [-0.3, -0.25) is 4.90 Å². The highest BCUT2D eigenvalue weighted by Gasteiger charge is 2.26. The van der Waals surface area contributed by atoms with Crippen molar-refractivity contribution >= 4 is 0 Å². The van der Waals surface area contributed by atoms with Crippen molar-refractivity contribution in [3.05, 3.63) is 35.4 Å². The largest absolute Gasteiger partial charge is 0.299 e. The summed E-state index contributed by atoms with van der Waals surface area (Å²) < 4.78 is 0. The third-order valence-electron chi connectivity index (χ3n) is 4.21. The predicted octanol–water partition coefficient (Wildman–Crippen LogP) is 4.61. The van der Waals surface area contributed by atoms with E-state index in [0.29, 0.717) is 5.41 Å². The van der Waals surface area contributed by atoms with Crippen LogP contribution in [0.1, 0.15) is 58.6 Å². The molecule has 1 aliphatic heterocycles. The molecular weight excluding hydrogens is 230 g/mol. The van der Waals surface area contributed by atoms with Crippen LogP contribution in [0.25, 0.3) is 0 Å². The van der Waals surface area contributed by atoms with Crippen LogP contribution in [0.15, 0.2) is 24.3 Å². The molecule has 0 bridgehead atoms. The molecule has 1 heterocycles. The van der Waals surface area contributed by atoms with Crippen LogP contribution < -0.4 is 0 Å². The molecule has 0 aliphatic carbocycles. The summed E-state index contributed by atoms with van der Waals surface area (Å²) in [5, 5.41) is 0. The highest BCUT2D eigenvalue weighted by atomic mass is 15.1. The van der Waals surface area contributed by atoms with Gasteiger partial charge in [-0.15, -0.1) is 0 Å². The van der Waals surface area contributed by atoms with Gasteiger partial charge < -0.3 is 0 Å². The first-order chi connectivity index (χ1) is 8.76. The van der Waals surface area contributed by atoms with Crippen LogP contribution in [0.3, 0.4) is 0 Å². The lowest BCUT2D eigenvalue weighted by atomic mass is 9.84. The minimum absolute atomic E-state index is 0.256. The number of hydrogen-bond acceptors (Lipinski definition) is 1. The lowest BCUT2D eigenvalue weighted by Gasteiger charge is -2.38. The molecule has 19 heavy (non-hydrogen) atoms. The molecule has 0 radical (unpaired) electrons. The maximum atomic E-state index is 2.61. The van der Waals surface area contributed by atoms with Crippen molar-refractivity contribution in [2.24, 2.45) is 5.41 Å². The Hall–Kier alpha value is -0.820. The quantitative estimate of drug-likeness (QED) is 0.750. The highest BCUT2D eigenvalue weighted by molar-refractivity contribution is 5.27. The minimum Gasteiger partial charge on any atom is -0.299 e. The van der Waals surface area contributed by atoms with E-state index >= 15 is 0 Å². The molecule has 0 atom stereocenters. The average Bonchev–Trinajstić information content (AvgIpc) is 2.27. The summed E-state index contributed by atoms with van der Waals surface area (Å²) in [6.07, 6.45) is 2.71. The van der Waals surface area contributed by atoms with E-state index in [0.717, 1.165) is 6.54 Å².